The molecule has 0 radical (unpaired) electrons. The highest BCUT2D eigenvalue weighted by Gasteiger charge is 2.21. The maximum Gasteiger partial charge on any atom is 0.227 e. The number of nitrogens with two attached hydrogens (primary N) is 1. The predicted molar refractivity (Wildman–Crippen MR) is 121 cm³/mol. The van der Waals surface area contributed by atoms with Crippen molar-refractivity contribution in [3.63, 3.8) is 0 Å². The minimum absolute atomic E-state index is 0. The number of nitrogens with zero attached hydrogens (tertiary/aromatic N) is 2. The van der Waals surface area contributed by atoms with E-state index in [1.807, 2.05) is 36.0 Å². The number of aliphatic imine (C=N–C) groups is 1. The summed E-state index contributed by atoms with van der Waals surface area (Å²) in [5.41, 5.74) is 8.03. The second kappa shape index (κ2) is 11.0. The number of rotatable bonds is 4. The van der Waals surface area contributed by atoms with Gasteiger partial charge < -0.3 is 16.0 Å². The monoisotopic (exact) mass is 488 g/mol. The maximum atomic E-state index is 12.4. The minimum atomic E-state index is 0. The zero-order chi connectivity index (χ0) is 17.5. The summed E-state index contributed by atoms with van der Waals surface area (Å²) >= 11 is 1.96. The van der Waals surface area contributed by atoms with Gasteiger partial charge in [-0.15, -0.1) is 24.0 Å². The number of hydrogen-bond acceptors (Lipinski definition) is 3. The SMILES string of the molecule is I.NC(=NCc1cccc(NC(=O)C2CCCCC2)c1)N1CCSCC1. The molecule has 2 aliphatic rings. The number of anilines is 1. The first kappa shape index (κ1) is 21.3. The second-order valence-electron chi connectivity index (χ2n) is 6.80. The van der Waals surface area contributed by atoms with Gasteiger partial charge in [0, 0.05) is 36.2 Å². The van der Waals surface area contributed by atoms with Crippen LogP contribution in [-0.4, -0.2) is 41.4 Å². The van der Waals surface area contributed by atoms with E-state index in [2.05, 4.69) is 15.2 Å². The molecule has 0 unspecified atom stereocenters. The van der Waals surface area contributed by atoms with Gasteiger partial charge in [0.1, 0.15) is 0 Å². The molecule has 5 nitrogen and oxygen atoms in total. The molecule has 3 rings (SSSR count). The van der Waals surface area contributed by atoms with Gasteiger partial charge in [-0.05, 0) is 30.5 Å². The number of guanidine groups is 1. The fourth-order valence-corrected chi connectivity index (χ4v) is 4.32. The van der Waals surface area contributed by atoms with Crippen LogP contribution in [0.2, 0.25) is 0 Å². The van der Waals surface area contributed by atoms with Gasteiger partial charge in [-0.3, -0.25) is 4.79 Å². The number of carbonyl (C=O) groups excluding carboxylic acids is 1. The van der Waals surface area contributed by atoms with Crippen molar-refractivity contribution in [3.05, 3.63) is 29.8 Å². The van der Waals surface area contributed by atoms with Crippen LogP contribution in [0.1, 0.15) is 37.7 Å². The summed E-state index contributed by atoms with van der Waals surface area (Å²) in [4.78, 5) is 19.1. The zero-order valence-corrected chi connectivity index (χ0v) is 18.3. The molecule has 144 valence electrons. The first-order chi connectivity index (χ1) is 12.2. The number of amides is 1. The Bertz CT molecular complexity index is 613. The molecule has 1 heterocycles. The summed E-state index contributed by atoms with van der Waals surface area (Å²) in [6.45, 7) is 2.48. The summed E-state index contributed by atoms with van der Waals surface area (Å²) in [6, 6.07) is 7.94. The Labute approximate surface area is 177 Å². The summed E-state index contributed by atoms with van der Waals surface area (Å²) in [5, 5.41) is 3.07. The Morgan fingerprint density at radius 2 is 1.96 bits per heavy atom. The summed E-state index contributed by atoms with van der Waals surface area (Å²) in [7, 11) is 0. The van der Waals surface area contributed by atoms with Gasteiger partial charge in [-0.2, -0.15) is 11.8 Å². The molecule has 1 aromatic rings. The van der Waals surface area contributed by atoms with Crippen molar-refractivity contribution in [1.29, 1.82) is 0 Å². The van der Waals surface area contributed by atoms with Crippen LogP contribution < -0.4 is 11.1 Å². The molecule has 1 saturated carbocycles. The van der Waals surface area contributed by atoms with Crippen LogP contribution in [0.5, 0.6) is 0 Å². The van der Waals surface area contributed by atoms with Crippen LogP contribution in [0.4, 0.5) is 5.69 Å². The third-order valence-corrected chi connectivity index (χ3v) is 5.87. The van der Waals surface area contributed by atoms with Gasteiger partial charge in [-0.25, -0.2) is 4.99 Å². The summed E-state index contributed by atoms with van der Waals surface area (Å²) in [5.74, 6) is 3.17. The van der Waals surface area contributed by atoms with Crippen molar-refractivity contribution >= 4 is 53.3 Å². The van der Waals surface area contributed by atoms with Gasteiger partial charge >= 0.3 is 0 Å². The number of benzene rings is 1. The van der Waals surface area contributed by atoms with Crippen LogP contribution in [0, 0.1) is 5.92 Å². The maximum absolute atomic E-state index is 12.4. The van der Waals surface area contributed by atoms with Crippen molar-refractivity contribution < 1.29 is 4.79 Å². The molecule has 1 saturated heterocycles. The Morgan fingerprint density at radius 1 is 1.23 bits per heavy atom. The lowest BCUT2D eigenvalue weighted by molar-refractivity contribution is -0.120. The van der Waals surface area contributed by atoms with Crippen molar-refractivity contribution in [2.24, 2.45) is 16.6 Å². The third kappa shape index (κ3) is 6.33. The lowest BCUT2D eigenvalue weighted by atomic mass is 9.88. The highest BCUT2D eigenvalue weighted by Crippen LogP contribution is 2.25. The van der Waals surface area contributed by atoms with Crippen molar-refractivity contribution in [3.8, 4) is 0 Å². The standard InChI is InChI=1S/C19H28N4OS.HI/c20-19(23-9-11-25-12-10-23)21-14-15-5-4-8-17(13-15)22-18(24)16-6-2-1-3-7-16;/h4-5,8,13,16H,1-3,6-7,9-12,14H2,(H2,20,21)(H,22,24);1H. The van der Waals surface area contributed by atoms with Crippen molar-refractivity contribution in [2.45, 2.75) is 38.6 Å². The third-order valence-electron chi connectivity index (χ3n) is 4.93. The van der Waals surface area contributed by atoms with E-state index < -0.39 is 0 Å². The number of halogens is 1. The van der Waals surface area contributed by atoms with Crippen LogP contribution in [-0.2, 0) is 11.3 Å². The number of thioether (sulfide) groups is 1. The molecule has 0 atom stereocenters. The molecule has 1 aromatic carbocycles. The van der Waals surface area contributed by atoms with Crippen LogP contribution in [0.25, 0.3) is 0 Å². The molecule has 0 bridgehead atoms. The largest absolute Gasteiger partial charge is 0.370 e. The average Bonchev–Trinajstić information content (AvgIpc) is 2.68. The molecule has 7 heteroatoms. The smallest absolute Gasteiger partial charge is 0.227 e. The van der Waals surface area contributed by atoms with Gasteiger partial charge in [0.05, 0.1) is 6.54 Å². The van der Waals surface area contributed by atoms with E-state index in [4.69, 9.17) is 5.73 Å². The van der Waals surface area contributed by atoms with Crippen LogP contribution >= 0.6 is 35.7 Å². The lowest BCUT2D eigenvalue weighted by Crippen LogP contribution is -2.42. The van der Waals surface area contributed by atoms with Gasteiger partial charge in [0.15, 0.2) is 5.96 Å². The quantitative estimate of drug-likeness (QED) is 0.386. The molecular weight excluding hydrogens is 459 g/mol. The molecule has 1 aliphatic carbocycles. The van der Waals surface area contributed by atoms with Crippen molar-refractivity contribution in [2.75, 3.05) is 29.9 Å². The first-order valence-corrected chi connectivity index (χ1v) is 10.4. The topological polar surface area (TPSA) is 70.7 Å². The lowest BCUT2D eigenvalue weighted by Gasteiger charge is -2.27. The zero-order valence-electron chi connectivity index (χ0n) is 15.2. The van der Waals surface area contributed by atoms with Crippen LogP contribution in [0.3, 0.4) is 0 Å². The van der Waals surface area contributed by atoms with E-state index in [0.29, 0.717) is 12.5 Å². The first-order valence-electron chi connectivity index (χ1n) is 9.25. The minimum Gasteiger partial charge on any atom is -0.370 e. The van der Waals surface area contributed by atoms with Gasteiger partial charge in [0.25, 0.3) is 0 Å². The van der Waals surface area contributed by atoms with E-state index >= 15 is 0 Å². The van der Waals surface area contributed by atoms with E-state index in [1.54, 1.807) is 0 Å². The van der Waals surface area contributed by atoms with E-state index in [0.717, 1.165) is 48.7 Å². The Morgan fingerprint density at radius 3 is 2.69 bits per heavy atom. The van der Waals surface area contributed by atoms with E-state index in [1.165, 1.54) is 19.3 Å². The summed E-state index contributed by atoms with van der Waals surface area (Å²) in [6.07, 6.45) is 5.62. The predicted octanol–water partition coefficient (Wildman–Crippen LogP) is 3.69. The van der Waals surface area contributed by atoms with Gasteiger partial charge in [0.2, 0.25) is 5.91 Å². The fourth-order valence-electron chi connectivity index (χ4n) is 3.42. The van der Waals surface area contributed by atoms with E-state index in [-0.39, 0.29) is 35.8 Å². The Balaban J connectivity index is 0.00000243. The molecule has 1 aliphatic heterocycles. The molecular formula is C19H29IN4OS. The fraction of sp³-hybridized carbons (Fsp3) is 0.579. The van der Waals surface area contributed by atoms with Crippen LogP contribution in [0.15, 0.2) is 29.3 Å². The molecule has 0 spiro atoms. The molecule has 2 fully saturated rings. The number of carbonyl (C=O) groups is 1. The Hall–Kier alpha value is -0.960. The van der Waals surface area contributed by atoms with Gasteiger partial charge in [-0.1, -0.05) is 31.4 Å². The number of hydrogen-bond donors (Lipinski definition) is 2. The summed E-state index contributed by atoms with van der Waals surface area (Å²) < 4.78 is 0. The highest BCUT2D eigenvalue weighted by atomic mass is 127. The molecule has 0 aromatic heterocycles. The molecule has 26 heavy (non-hydrogen) atoms. The molecule has 1 amide bonds. The van der Waals surface area contributed by atoms with E-state index in [9.17, 15) is 4.79 Å². The van der Waals surface area contributed by atoms with Crippen molar-refractivity contribution in [1.82, 2.24) is 4.90 Å². The Kier molecular flexibility index (Phi) is 9.04. The average molecular weight is 488 g/mol. The highest BCUT2D eigenvalue weighted by molar-refractivity contribution is 14.0. The molecule has 3 N–H and O–H groups in total. The number of nitrogens with one attached hydrogen (secondary N) is 1. The second-order valence-corrected chi connectivity index (χ2v) is 8.02. The normalized spacial score (nSPS) is 18.9.